The van der Waals surface area contributed by atoms with Crippen LogP contribution in [0.5, 0.6) is 0 Å². The number of hydrogen-bond acceptors (Lipinski definition) is 2. The fourth-order valence-electron chi connectivity index (χ4n) is 3.39. The van der Waals surface area contributed by atoms with Gasteiger partial charge >= 0.3 is 0 Å². The van der Waals surface area contributed by atoms with Crippen LogP contribution in [-0.4, -0.2) is 24.7 Å². The van der Waals surface area contributed by atoms with Gasteiger partial charge in [0.25, 0.3) is 0 Å². The lowest BCUT2D eigenvalue weighted by molar-refractivity contribution is 0.431. The zero-order valence-electron chi connectivity index (χ0n) is 13.1. The quantitative estimate of drug-likeness (QED) is 0.875. The predicted octanol–water partition coefficient (Wildman–Crippen LogP) is 3.52. The van der Waals surface area contributed by atoms with Gasteiger partial charge in [-0.25, -0.2) is 0 Å². The lowest BCUT2D eigenvalue weighted by Crippen LogP contribution is -2.52. The number of rotatable bonds is 2. The molecule has 1 N–H and O–H groups in total. The Morgan fingerprint density at radius 1 is 1.37 bits per heavy atom. The van der Waals surface area contributed by atoms with Crippen LogP contribution in [0.25, 0.3) is 0 Å². The fraction of sp³-hybridized carbons (Fsp3) is 0.647. The molecule has 1 heterocycles. The number of anilines is 1. The molecule has 0 spiro atoms. The van der Waals surface area contributed by atoms with Gasteiger partial charge in [0.15, 0.2) is 0 Å². The summed E-state index contributed by atoms with van der Waals surface area (Å²) in [4.78, 5) is 2.65. The molecule has 2 rings (SSSR count). The first kappa shape index (κ1) is 14.4. The van der Waals surface area contributed by atoms with Gasteiger partial charge in [-0.05, 0) is 58.2 Å². The monoisotopic (exact) mass is 260 g/mol. The van der Waals surface area contributed by atoms with Crippen molar-refractivity contribution in [3.8, 4) is 0 Å². The standard InChI is InChI=1S/C17H28N2/c1-6-15-9-7-8-13(2)16(15)19-14(3)10-11-18-12-17(19,4)5/h7-9,14,18H,6,10-12H2,1-5H3. The number of benzene rings is 1. The molecule has 2 nitrogen and oxygen atoms in total. The molecule has 1 aromatic carbocycles. The predicted molar refractivity (Wildman–Crippen MR) is 84.1 cm³/mol. The Kier molecular flexibility index (Phi) is 4.19. The topological polar surface area (TPSA) is 15.3 Å². The Balaban J connectivity index is 2.53. The molecule has 1 aliphatic heterocycles. The SMILES string of the molecule is CCc1cccc(C)c1N1C(C)CCNCC1(C)C. The summed E-state index contributed by atoms with van der Waals surface area (Å²) in [6.45, 7) is 13.7. The Morgan fingerprint density at radius 2 is 2.11 bits per heavy atom. The van der Waals surface area contributed by atoms with E-state index < -0.39 is 0 Å². The van der Waals surface area contributed by atoms with Crippen LogP contribution in [0.15, 0.2) is 18.2 Å². The molecule has 1 unspecified atom stereocenters. The van der Waals surface area contributed by atoms with Gasteiger partial charge in [0.2, 0.25) is 0 Å². The Hall–Kier alpha value is -1.02. The maximum absolute atomic E-state index is 3.58. The van der Waals surface area contributed by atoms with Crippen LogP contribution in [-0.2, 0) is 6.42 Å². The molecular formula is C17H28N2. The molecule has 0 saturated carbocycles. The van der Waals surface area contributed by atoms with Crippen molar-refractivity contribution >= 4 is 5.69 Å². The summed E-state index contributed by atoms with van der Waals surface area (Å²) in [6.07, 6.45) is 2.31. The van der Waals surface area contributed by atoms with Crippen molar-refractivity contribution in [1.82, 2.24) is 5.32 Å². The Labute approximate surface area is 118 Å². The van der Waals surface area contributed by atoms with Crippen molar-refractivity contribution < 1.29 is 0 Å². The lowest BCUT2D eigenvalue weighted by atomic mass is 9.95. The van der Waals surface area contributed by atoms with Crippen LogP contribution in [0.1, 0.15) is 45.2 Å². The number of nitrogens with zero attached hydrogens (tertiary/aromatic N) is 1. The van der Waals surface area contributed by atoms with Gasteiger partial charge in [0.05, 0.1) is 0 Å². The van der Waals surface area contributed by atoms with E-state index >= 15 is 0 Å². The zero-order chi connectivity index (χ0) is 14.0. The van der Waals surface area contributed by atoms with Gasteiger partial charge in [-0.15, -0.1) is 0 Å². The third kappa shape index (κ3) is 2.79. The van der Waals surface area contributed by atoms with Gasteiger partial charge in [-0.1, -0.05) is 25.1 Å². The first-order chi connectivity index (χ1) is 8.97. The highest BCUT2D eigenvalue weighted by atomic mass is 15.3. The van der Waals surface area contributed by atoms with Crippen molar-refractivity contribution in [3.05, 3.63) is 29.3 Å². The van der Waals surface area contributed by atoms with E-state index in [-0.39, 0.29) is 5.54 Å². The molecule has 1 saturated heterocycles. The summed E-state index contributed by atoms with van der Waals surface area (Å²) < 4.78 is 0. The second kappa shape index (κ2) is 5.54. The average Bonchev–Trinajstić information content (AvgIpc) is 2.48. The van der Waals surface area contributed by atoms with Crippen LogP contribution in [0.4, 0.5) is 5.69 Å². The second-order valence-corrected chi connectivity index (χ2v) is 6.43. The summed E-state index contributed by atoms with van der Waals surface area (Å²) >= 11 is 0. The highest BCUT2D eigenvalue weighted by molar-refractivity contribution is 5.62. The van der Waals surface area contributed by atoms with E-state index in [9.17, 15) is 0 Å². The number of aryl methyl sites for hydroxylation is 2. The van der Waals surface area contributed by atoms with Crippen LogP contribution in [0, 0.1) is 6.92 Å². The first-order valence-electron chi connectivity index (χ1n) is 7.56. The van der Waals surface area contributed by atoms with Gasteiger partial charge in [0, 0.05) is 23.8 Å². The van der Waals surface area contributed by atoms with Gasteiger partial charge < -0.3 is 10.2 Å². The summed E-state index contributed by atoms with van der Waals surface area (Å²) in [5, 5.41) is 3.58. The molecule has 1 aromatic rings. The van der Waals surface area contributed by atoms with E-state index in [1.165, 1.54) is 23.2 Å². The van der Waals surface area contributed by atoms with E-state index in [4.69, 9.17) is 0 Å². The molecule has 0 aromatic heterocycles. The molecule has 1 aliphatic rings. The van der Waals surface area contributed by atoms with Crippen molar-refractivity contribution in [2.24, 2.45) is 0 Å². The van der Waals surface area contributed by atoms with Crippen LogP contribution < -0.4 is 10.2 Å². The molecule has 0 amide bonds. The average molecular weight is 260 g/mol. The van der Waals surface area contributed by atoms with Crippen molar-refractivity contribution in [3.63, 3.8) is 0 Å². The summed E-state index contributed by atoms with van der Waals surface area (Å²) in [5.74, 6) is 0. The summed E-state index contributed by atoms with van der Waals surface area (Å²) in [6, 6.07) is 7.29. The van der Waals surface area contributed by atoms with Gasteiger partial charge in [0.1, 0.15) is 0 Å². The Bertz CT molecular complexity index is 437. The van der Waals surface area contributed by atoms with E-state index in [2.05, 4.69) is 63.0 Å². The van der Waals surface area contributed by atoms with Crippen molar-refractivity contribution in [2.75, 3.05) is 18.0 Å². The molecular weight excluding hydrogens is 232 g/mol. The van der Waals surface area contributed by atoms with Crippen molar-refractivity contribution in [1.29, 1.82) is 0 Å². The minimum absolute atomic E-state index is 0.159. The first-order valence-corrected chi connectivity index (χ1v) is 7.56. The maximum Gasteiger partial charge on any atom is 0.0473 e. The summed E-state index contributed by atoms with van der Waals surface area (Å²) in [5.41, 5.74) is 4.50. The molecule has 2 heteroatoms. The number of para-hydroxylation sites is 1. The highest BCUT2D eigenvalue weighted by Gasteiger charge is 2.34. The van der Waals surface area contributed by atoms with E-state index in [0.717, 1.165) is 19.5 Å². The van der Waals surface area contributed by atoms with E-state index in [1.807, 2.05) is 0 Å². The highest BCUT2D eigenvalue weighted by Crippen LogP contribution is 2.34. The molecule has 0 aliphatic carbocycles. The largest absolute Gasteiger partial charge is 0.362 e. The number of hydrogen-bond donors (Lipinski definition) is 1. The smallest absolute Gasteiger partial charge is 0.0473 e. The molecule has 1 atom stereocenters. The fourth-order valence-corrected chi connectivity index (χ4v) is 3.39. The zero-order valence-corrected chi connectivity index (χ0v) is 13.1. The Morgan fingerprint density at radius 3 is 2.79 bits per heavy atom. The van der Waals surface area contributed by atoms with Crippen molar-refractivity contribution in [2.45, 2.75) is 59.0 Å². The van der Waals surface area contributed by atoms with E-state index in [1.54, 1.807) is 0 Å². The molecule has 1 fully saturated rings. The molecule has 0 radical (unpaired) electrons. The summed E-state index contributed by atoms with van der Waals surface area (Å²) in [7, 11) is 0. The third-order valence-corrected chi connectivity index (χ3v) is 4.33. The minimum Gasteiger partial charge on any atom is -0.362 e. The molecule has 106 valence electrons. The van der Waals surface area contributed by atoms with Gasteiger partial charge in [-0.3, -0.25) is 0 Å². The number of nitrogens with one attached hydrogen (secondary N) is 1. The second-order valence-electron chi connectivity index (χ2n) is 6.43. The van der Waals surface area contributed by atoms with Gasteiger partial charge in [-0.2, -0.15) is 0 Å². The lowest BCUT2D eigenvalue weighted by Gasteiger charge is -2.44. The molecule has 0 bridgehead atoms. The van der Waals surface area contributed by atoms with E-state index in [0.29, 0.717) is 6.04 Å². The van der Waals surface area contributed by atoms with Crippen LogP contribution >= 0.6 is 0 Å². The van der Waals surface area contributed by atoms with Crippen LogP contribution in [0.3, 0.4) is 0 Å². The maximum atomic E-state index is 3.58. The van der Waals surface area contributed by atoms with Crippen LogP contribution in [0.2, 0.25) is 0 Å². The third-order valence-electron chi connectivity index (χ3n) is 4.33. The molecule has 19 heavy (non-hydrogen) atoms. The minimum atomic E-state index is 0.159. The normalized spacial score (nSPS) is 23.2.